The van der Waals surface area contributed by atoms with Crippen LogP contribution in [0.3, 0.4) is 0 Å². The normalized spacial score (nSPS) is 28.4. The zero-order valence-electron chi connectivity index (χ0n) is 19.2. The molecule has 3 unspecified atom stereocenters. The van der Waals surface area contributed by atoms with Gasteiger partial charge in [0.2, 0.25) is 0 Å². The van der Waals surface area contributed by atoms with Gasteiger partial charge in [0.05, 0.1) is 5.41 Å². The number of unbranched alkanes of at least 4 members (excludes halogenated alkanes) is 4. The molecule has 0 amide bonds. The van der Waals surface area contributed by atoms with Crippen LogP contribution in [0.2, 0.25) is 0 Å². The van der Waals surface area contributed by atoms with Crippen molar-refractivity contribution in [2.75, 3.05) is 0 Å². The van der Waals surface area contributed by atoms with E-state index >= 15 is 0 Å². The zero-order valence-corrected chi connectivity index (χ0v) is 19.2. The highest BCUT2D eigenvalue weighted by molar-refractivity contribution is 5.81. The Morgan fingerprint density at radius 3 is 2.15 bits per heavy atom. The van der Waals surface area contributed by atoms with Crippen LogP contribution < -0.4 is 0 Å². The summed E-state index contributed by atoms with van der Waals surface area (Å²) in [5.74, 6) is 1.11. The van der Waals surface area contributed by atoms with Crippen LogP contribution in [0.4, 0.5) is 0 Å². The predicted molar refractivity (Wildman–Crippen MR) is 115 cm³/mol. The standard InChI is InChI=1S/C25H46O2/c1-7-9-10-11-13-16-20(8-2)25(6,21-17-14-12-15-18-21)27-22(26)24(5)19-23(24,3)4/h20-21H,7-19H2,1-6H3. The molecule has 0 aromatic heterocycles. The fourth-order valence-electron chi connectivity index (χ4n) is 5.57. The smallest absolute Gasteiger partial charge is 0.312 e. The lowest BCUT2D eigenvalue weighted by Gasteiger charge is -2.45. The van der Waals surface area contributed by atoms with E-state index in [4.69, 9.17) is 4.74 Å². The van der Waals surface area contributed by atoms with Gasteiger partial charge in [-0.15, -0.1) is 0 Å². The second kappa shape index (κ2) is 9.31. The molecule has 0 saturated heterocycles. The number of hydrogen-bond acceptors (Lipinski definition) is 2. The van der Waals surface area contributed by atoms with Crippen LogP contribution in [0.15, 0.2) is 0 Å². The van der Waals surface area contributed by atoms with Crippen molar-refractivity contribution in [2.45, 2.75) is 131 Å². The molecule has 0 N–H and O–H groups in total. The molecule has 0 aromatic rings. The molecule has 2 fully saturated rings. The van der Waals surface area contributed by atoms with Crippen LogP contribution in [-0.4, -0.2) is 11.6 Å². The van der Waals surface area contributed by atoms with Crippen LogP contribution >= 0.6 is 0 Å². The molecular weight excluding hydrogens is 332 g/mol. The third kappa shape index (κ3) is 5.10. The average molecular weight is 379 g/mol. The summed E-state index contributed by atoms with van der Waals surface area (Å²) in [5, 5.41) is 0. The molecule has 2 rings (SSSR count). The second-order valence-corrected chi connectivity index (χ2v) is 10.6. The second-order valence-electron chi connectivity index (χ2n) is 10.6. The summed E-state index contributed by atoms with van der Waals surface area (Å²) in [6.07, 6.45) is 16.3. The first-order chi connectivity index (χ1) is 12.7. The molecule has 0 heterocycles. The first-order valence-electron chi connectivity index (χ1n) is 11.9. The molecule has 3 atom stereocenters. The predicted octanol–water partition coefficient (Wildman–Crippen LogP) is 7.69. The number of carbonyl (C=O) groups is 1. The molecule has 158 valence electrons. The third-order valence-corrected chi connectivity index (χ3v) is 8.30. The van der Waals surface area contributed by atoms with Crippen LogP contribution in [-0.2, 0) is 9.53 Å². The largest absolute Gasteiger partial charge is 0.458 e. The molecular formula is C25H46O2. The maximum Gasteiger partial charge on any atom is 0.312 e. The average Bonchev–Trinajstić information content (AvgIpc) is 3.18. The fraction of sp³-hybridized carbons (Fsp3) is 0.960. The molecule has 2 aliphatic rings. The minimum atomic E-state index is -0.279. The van der Waals surface area contributed by atoms with E-state index in [2.05, 4.69) is 41.5 Å². The quantitative estimate of drug-likeness (QED) is 0.272. The molecule has 2 aliphatic carbocycles. The van der Waals surface area contributed by atoms with Crippen molar-refractivity contribution in [1.82, 2.24) is 0 Å². The highest BCUT2D eigenvalue weighted by Crippen LogP contribution is 2.64. The minimum absolute atomic E-state index is 0.0741. The van der Waals surface area contributed by atoms with Gasteiger partial charge in [0, 0.05) is 0 Å². The van der Waals surface area contributed by atoms with Gasteiger partial charge in [-0.2, -0.15) is 0 Å². The van der Waals surface area contributed by atoms with E-state index in [0.717, 1.165) is 12.8 Å². The number of hydrogen-bond donors (Lipinski definition) is 0. The number of ether oxygens (including phenoxy) is 1. The van der Waals surface area contributed by atoms with Crippen LogP contribution in [0.5, 0.6) is 0 Å². The molecule has 2 nitrogen and oxygen atoms in total. The Labute approximate surface area is 169 Å². The van der Waals surface area contributed by atoms with Crippen molar-refractivity contribution in [3.63, 3.8) is 0 Å². The Morgan fingerprint density at radius 2 is 1.63 bits per heavy atom. The van der Waals surface area contributed by atoms with E-state index in [1.807, 2.05) is 0 Å². The van der Waals surface area contributed by atoms with Crippen molar-refractivity contribution < 1.29 is 9.53 Å². The van der Waals surface area contributed by atoms with E-state index in [1.54, 1.807) is 0 Å². The lowest BCUT2D eigenvalue weighted by atomic mass is 9.69. The van der Waals surface area contributed by atoms with E-state index in [-0.39, 0.29) is 22.4 Å². The van der Waals surface area contributed by atoms with Crippen molar-refractivity contribution >= 4 is 5.97 Å². The van der Waals surface area contributed by atoms with Gasteiger partial charge in [-0.3, -0.25) is 4.79 Å². The molecule has 0 aliphatic heterocycles. The highest BCUT2D eigenvalue weighted by Gasteiger charge is 2.65. The minimum Gasteiger partial charge on any atom is -0.458 e. The number of rotatable bonds is 11. The van der Waals surface area contributed by atoms with Gasteiger partial charge >= 0.3 is 5.97 Å². The van der Waals surface area contributed by atoms with Gasteiger partial charge in [0.25, 0.3) is 0 Å². The van der Waals surface area contributed by atoms with Crippen molar-refractivity contribution in [1.29, 1.82) is 0 Å². The Hall–Kier alpha value is -0.530. The van der Waals surface area contributed by atoms with E-state index in [9.17, 15) is 4.79 Å². The summed E-state index contributed by atoms with van der Waals surface area (Å²) in [6.45, 7) is 13.4. The lowest BCUT2D eigenvalue weighted by molar-refractivity contribution is -0.182. The topological polar surface area (TPSA) is 26.3 Å². The first-order valence-corrected chi connectivity index (χ1v) is 11.9. The first kappa shape index (κ1) is 22.8. The summed E-state index contributed by atoms with van der Waals surface area (Å²) in [4.78, 5) is 13.2. The summed E-state index contributed by atoms with van der Waals surface area (Å²) < 4.78 is 6.53. The van der Waals surface area contributed by atoms with Gasteiger partial charge in [-0.05, 0) is 63.2 Å². The molecule has 27 heavy (non-hydrogen) atoms. The van der Waals surface area contributed by atoms with E-state index in [0.29, 0.717) is 11.8 Å². The van der Waals surface area contributed by atoms with Crippen LogP contribution in [0.25, 0.3) is 0 Å². The van der Waals surface area contributed by atoms with Crippen LogP contribution in [0, 0.1) is 22.7 Å². The fourth-order valence-corrected chi connectivity index (χ4v) is 5.57. The third-order valence-electron chi connectivity index (χ3n) is 8.30. The van der Waals surface area contributed by atoms with Gasteiger partial charge in [0.15, 0.2) is 0 Å². The SMILES string of the molecule is CCCCCCCC(CC)C(C)(OC(=O)C1(C)CC1(C)C)C1CCCCC1. The van der Waals surface area contributed by atoms with Crippen molar-refractivity contribution in [3.05, 3.63) is 0 Å². The number of carbonyl (C=O) groups excluding carboxylic acids is 1. The summed E-state index contributed by atoms with van der Waals surface area (Å²) in [5.41, 5.74) is -0.458. The molecule has 2 heteroatoms. The maximum atomic E-state index is 13.2. The monoisotopic (exact) mass is 378 g/mol. The zero-order chi connectivity index (χ0) is 20.1. The summed E-state index contributed by atoms with van der Waals surface area (Å²) >= 11 is 0. The molecule has 2 saturated carbocycles. The Kier molecular flexibility index (Phi) is 7.85. The van der Waals surface area contributed by atoms with E-state index < -0.39 is 0 Å². The molecule has 0 spiro atoms. The van der Waals surface area contributed by atoms with Crippen molar-refractivity contribution in [3.8, 4) is 0 Å². The summed E-state index contributed by atoms with van der Waals surface area (Å²) in [7, 11) is 0. The molecule has 0 aromatic carbocycles. The van der Waals surface area contributed by atoms with Gasteiger partial charge in [-0.25, -0.2) is 0 Å². The number of esters is 1. The van der Waals surface area contributed by atoms with Crippen molar-refractivity contribution in [2.24, 2.45) is 22.7 Å². The van der Waals surface area contributed by atoms with Gasteiger partial charge in [-0.1, -0.05) is 79.1 Å². The molecule has 0 radical (unpaired) electrons. The van der Waals surface area contributed by atoms with Gasteiger partial charge in [0.1, 0.15) is 5.60 Å². The van der Waals surface area contributed by atoms with Crippen LogP contribution in [0.1, 0.15) is 125 Å². The highest BCUT2D eigenvalue weighted by atomic mass is 16.6. The summed E-state index contributed by atoms with van der Waals surface area (Å²) in [6, 6.07) is 0. The molecule has 0 bridgehead atoms. The lowest BCUT2D eigenvalue weighted by Crippen LogP contribution is -2.48. The maximum absolute atomic E-state index is 13.2. The Balaban J connectivity index is 2.09. The Morgan fingerprint density at radius 1 is 1.04 bits per heavy atom. The van der Waals surface area contributed by atoms with Gasteiger partial charge < -0.3 is 4.74 Å². The van der Waals surface area contributed by atoms with E-state index in [1.165, 1.54) is 70.6 Å². The Bertz CT molecular complexity index is 477.